The summed E-state index contributed by atoms with van der Waals surface area (Å²) in [4.78, 5) is 75.2. The van der Waals surface area contributed by atoms with E-state index < -0.39 is 38.9 Å². The molecule has 0 spiro atoms. The molecule has 2 aliphatic rings. The van der Waals surface area contributed by atoms with Crippen molar-refractivity contribution in [1.29, 1.82) is 0 Å². The molecule has 242 valence electrons. The van der Waals surface area contributed by atoms with Gasteiger partial charge in [-0.2, -0.15) is 0 Å². The quantitative estimate of drug-likeness (QED) is 0.0710. The number of phosphoric ester groups is 1. The van der Waals surface area contributed by atoms with Crippen LogP contribution in [-0.4, -0.2) is 74.1 Å². The molecule has 5 aromatic rings. The van der Waals surface area contributed by atoms with Crippen LogP contribution in [0, 0.1) is 5.92 Å². The van der Waals surface area contributed by atoms with Crippen molar-refractivity contribution in [3.05, 3.63) is 70.8 Å². The SMILES string of the molecule is CCCCC(CC)CN1C(=O)c2ccc3c4ccc5c6c(ccc(c7ccc(c2c37)C1=O)c64)C(=O)N(CC(O)COP(=O)(O)O)C5=O. The fraction of sp³-hybridized carbons (Fsp3) is 0.314. The van der Waals surface area contributed by atoms with Crippen molar-refractivity contribution in [2.24, 2.45) is 5.92 Å². The van der Waals surface area contributed by atoms with Crippen molar-refractivity contribution >= 4 is 74.5 Å². The van der Waals surface area contributed by atoms with Crippen LogP contribution in [0.2, 0.25) is 0 Å². The number of β-amino-alcohol motifs (C(OH)–C–C–N with tert-alkyl or cyclic N) is 1. The Morgan fingerprint density at radius 2 is 1.06 bits per heavy atom. The standard InChI is InChI=1S/C35H33N2O9P/c1-3-5-6-18(4-2)15-36-32(39)24-11-7-20-22-9-13-26-31-27(35(42)37(34(26)41)16-19(38)17-46-47(43,44)45)14-10-23(29(22)31)21-8-12-25(33(36)40)30(24)28(20)21/h7-14,18-19,38H,3-6,15-17H2,1-2H3,(H2,43,44,45). The molecule has 0 radical (unpaired) electrons. The van der Waals surface area contributed by atoms with Crippen molar-refractivity contribution in [3.8, 4) is 0 Å². The van der Waals surface area contributed by atoms with Crippen LogP contribution < -0.4 is 0 Å². The molecule has 2 aliphatic heterocycles. The molecule has 12 heteroatoms. The Kier molecular flexibility index (Phi) is 7.65. The summed E-state index contributed by atoms with van der Waals surface area (Å²) in [5.74, 6) is -1.69. The summed E-state index contributed by atoms with van der Waals surface area (Å²) >= 11 is 0. The van der Waals surface area contributed by atoms with Crippen LogP contribution in [-0.2, 0) is 9.09 Å². The Morgan fingerprint density at radius 1 is 0.660 bits per heavy atom. The summed E-state index contributed by atoms with van der Waals surface area (Å²) in [5.41, 5.74) is 1.43. The number of carbonyl (C=O) groups excluding carboxylic acids is 4. The van der Waals surface area contributed by atoms with E-state index >= 15 is 0 Å². The number of carbonyl (C=O) groups is 4. The number of fused-ring (bicyclic) bond motifs is 2. The Labute approximate surface area is 269 Å². The third-order valence-electron chi connectivity index (χ3n) is 9.62. The lowest BCUT2D eigenvalue weighted by molar-refractivity contribution is 0.0382. The van der Waals surface area contributed by atoms with E-state index in [0.717, 1.165) is 57.5 Å². The highest BCUT2D eigenvalue weighted by Crippen LogP contribution is 2.46. The molecule has 4 amide bonds. The maximum absolute atomic E-state index is 13.9. The van der Waals surface area contributed by atoms with E-state index in [1.807, 2.05) is 12.1 Å². The summed E-state index contributed by atoms with van der Waals surface area (Å²) in [6.45, 7) is 3.29. The molecule has 5 aromatic carbocycles. The molecule has 0 bridgehead atoms. The number of hydrogen-bond acceptors (Lipinski definition) is 7. The molecule has 3 N–H and O–H groups in total. The largest absolute Gasteiger partial charge is 0.469 e. The normalized spacial score (nSPS) is 16.4. The first kappa shape index (κ1) is 31.4. The van der Waals surface area contributed by atoms with Crippen LogP contribution in [0.1, 0.15) is 81.0 Å². The van der Waals surface area contributed by atoms with E-state index in [1.54, 1.807) is 36.4 Å². The van der Waals surface area contributed by atoms with Crippen LogP contribution >= 0.6 is 7.82 Å². The van der Waals surface area contributed by atoms with Crippen LogP contribution in [0.3, 0.4) is 0 Å². The second-order valence-electron chi connectivity index (χ2n) is 12.4. The van der Waals surface area contributed by atoms with E-state index in [4.69, 9.17) is 9.79 Å². The van der Waals surface area contributed by atoms with Crippen LogP contribution in [0.15, 0.2) is 48.5 Å². The lowest BCUT2D eigenvalue weighted by Gasteiger charge is -2.31. The minimum Gasteiger partial charge on any atom is -0.389 e. The third kappa shape index (κ3) is 4.92. The molecule has 7 rings (SSSR count). The number of amides is 4. The smallest absolute Gasteiger partial charge is 0.389 e. The molecule has 0 saturated heterocycles. The van der Waals surface area contributed by atoms with Crippen molar-refractivity contribution < 1.29 is 43.2 Å². The average Bonchev–Trinajstić information content (AvgIpc) is 3.05. The molecule has 11 nitrogen and oxygen atoms in total. The Balaban J connectivity index is 1.35. The minimum absolute atomic E-state index is 0.224. The first-order valence-corrected chi connectivity index (χ1v) is 17.3. The summed E-state index contributed by atoms with van der Waals surface area (Å²) in [6.07, 6.45) is 2.37. The summed E-state index contributed by atoms with van der Waals surface area (Å²) in [6, 6.07) is 14.1. The molecular formula is C35H33N2O9P. The van der Waals surface area contributed by atoms with E-state index in [2.05, 4.69) is 18.4 Å². The van der Waals surface area contributed by atoms with Crippen molar-refractivity contribution in [1.82, 2.24) is 9.80 Å². The van der Waals surface area contributed by atoms with Gasteiger partial charge in [0.1, 0.15) is 0 Å². The van der Waals surface area contributed by atoms with Crippen LogP contribution in [0.25, 0.3) is 43.1 Å². The Morgan fingerprint density at radius 3 is 1.43 bits per heavy atom. The van der Waals surface area contributed by atoms with Crippen LogP contribution in [0.4, 0.5) is 0 Å². The van der Waals surface area contributed by atoms with Gasteiger partial charge in [0.15, 0.2) is 0 Å². The van der Waals surface area contributed by atoms with Gasteiger partial charge in [-0.15, -0.1) is 0 Å². The van der Waals surface area contributed by atoms with Gasteiger partial charge in [0.25, 0.3) is 23.6 Å². The van der Waals surface area contributed by atoms with Gasteiger partial charge in [0.05, 0.1) is 19.3 Å². The van der Waals surface area contributed by atoms with Gasteiger partial charge >= 0.3 is 7.82 Å². The number of imide groups is 2. The number of aliphatic hydroxyl groups is 1. The highest BCUT2D eigenvalue weighted by molar-refractivity contribution is 7.46. The second kappa shape index (κ2) is 11.5. The van der Waals surface area contributed by atoms with Crippen molar-refractivity contribution in [2.75, 3.05) is 19.7 Å². The van der Waals surface area contributed by atoms with E-state index in [1.165, 1.54) is 4.90 Å². The van der Waals surface area contributed by atoms with E-state index in [0.29, 0.717) is 33.8 Å². The topological polar surface area (TPSA) is 162 Å². The summed E-state index contributed by atoms with van der Waals surface area (Å²) in [5, 5.41) is 15.9. The van der Waals surface area contributed by atoms with Gasteiger partial charge in [-0.05, 0) is 68.9 Å². The zero-order chi connectivity index (χ0) is 33.4. The average molecular weight is 657 g/mol. The Hall–Kier alpha value is -4.25. The molecule has 2 atom stereocenters. The first-order chi connectivity index (χ1) is 22.4. The highest BCUT2D eigenvalue weighted by Gasteiger charge is 2.38. The third-order valence-corrected chi connectivity index (χ3v) is 10.1. The zero-order valence-electron chi connectivity index (χ0n) is 25.9. The number of unbranched alkanes of at least 4 members (excludes halogenated alkanes) is 1. The van der Waals surface area contributed by atoms with Gasteiger partial charge in [-0.25, -0.2) is 4.57 Å². The number of rotatable bonds is 11. The first-order valence-electron chi connectivity index (χ1n) is 15.8. The fourth-order valence-corrected chi connectivity index (χ4v) is 7.69. The van der Waals surface area contributed by atoms with E-state index in [9.17, 15) is 28.8 Å². The zero-order valence-corrected chi connectivity index (χ0v) is 26.8. The number of phosphoric acid groups is 1. The number of hydrogen-bond donors (Lipinski definition) is 3. The predicted octanol–water partition coefficient (Wildman–Crippen LogP) is 5.62. The molecule has 0 fully saturated rings. The Bertz CT molecular complexity index is 2090. The lowest BCUT2D eigenvalue weighted by Crippen LogP contribution is -2.45. The second-order valence-corrected chi connectivity index (χ2v) is 13.7. The van der Waals surface area contributed by atoms with Crippen LogP contribution in [0.5, 0.6) is 0 Å². The molecular weight excluding hydrogens is 623 g/mol. The van der Waals surface area contributed by atoms with Gasteiger partial charge in [-0.1, -0.05) is 57.4 Å². The maximum atomic E-state index is 13.9. The fourth-order valence-electron chi connectivity index (χ4n) is 7.32. The lowest BCUT2D eigenvalue weighted by atomic mass is 9.82. The highest BCUT2D eigenvalue weighted by atomic mass is 31.2. The van der Waals surface area contributed by atoms with E-state index in [-0.39, 0.29) is 28.9 Å². The van der Waals surface area contributed by atoms with Gasteiger partial charge in [0.2, 0.25) is 0 Å². The predicted molar refractivity (Wildman–Crippen MR) is 176 cm³/mol. The molecule has 2 heterocycles. The number of benzene rings is 5. The summed E-state index contributed by atoms with van der Waals surface area (Å²) in [7, 11) is -4.86. The van der Waals surface area contributed by atoms with Gasteiger partial charge < -0.3 is 14.9 Å². The van der Waals surface area contributed by atoms with Crippen molar-refractivity contribution in [2.45, 2.75) is 45.6 Å². The molecule has 0 aromatic heterocycles. The summed E-state index contributed by atoms with van der Waals surface area (Å²) < 4.78 is 15.4. The number of nitrogens with zero attached hydrogens (tertiary/aromatic N) is 2. The minimum atomic E-state index is -4.86. The van der Waals surface area contributed by atoms with Gasteiger partial charge in [-0.3, -0.25) is 33.5 Å². The maximum Gasteiger partial charge on any atom is 0.469 e. The molecule has 0 saturated carbocycles. The molecule has 2 unspecified atom stereocenters. The number of aliphatic hydroxyl groups excluding tert-OH is 1. The monoisotopic (exact) mass is 656 g/mol. The van der Waals surface area contributed by atoms with Crippen molar-refractivity contribution in [3.63, 3.8) is 0 Å². The molecule has 47 heavy (non-hydrogen) atoms. The molecule has 0 aliphatic carbocycles. The van der Waals surface area contributed by atoms with Gasteiger partial charge in [0, 0.05) is 39.6 Å².